The second-order valence-corrected chi connectivity index (χ2v) is 8.24. The van der Waals surface area contributed by atoms with Crippen molar-refractivity contribution in [3.63, 3.8) is 0 Å². The number of piperazine rings is 1. The van der Waals surface area contributed by atoms with E-state index in [9.17, 15) is 0 Å². The Morgan fingerprint density at radius 1 is 0.800 bits per heavy atom. The minimum atomic E-state index is 0.667. The first-order chi connectivity index (χ1) is 12.2. The Bertz CT molecular complexity index is 677. The number of anilines is 2. The van der Waals surface area contributed by atoms with Crippen molar-refractivity contribution in [1.29, 1.82) is 0 Å². The monoisotopic (exact) mass is 353 g/mol. The summed E-state index contributed by atoms with van der Waals surface area (Å²) in [6.07, 6.45) is 0. The van der Waals surface area contributed by atoms with E-state index in [0.29, 0.717) is 6.04 Å². The third-order valence-corrected chi connectivity index (χ3v) is 6.44. The fourth-order valence-corrected chi connectivity index (χ4v) is 4.86. The Morgan fingerprint density at radius 3 is 1.92 bits per heavy atom. The molecule has 4 rings (SSSR count). The van der Waals surface area contributed by atoms with Crippen molar-refractivity contribution in [3.05, 3.63) is 48.5 Å². The van der Waals surface area contributed by atoms with Gasteiger partial charge in [0, 0.05) is 55.1 Å². The lowest BCUT2D eigenvalue weighted by Crippen LogP contribution is -2.50. The Balaban J connectivity index is 1.48. The molecule has 132 valence electrons. The van der Waals surface area contributed by atoms with Crippen LogP contribution >= 0.6 is 11.8 Å². The molecule has 2 aromatic carbocycles. The molecule has 0 aromatic heterocycles. The van der Waals surface area contributed by atoms with Crippen LogP contribution in [0.2, 0.25) is 0 Å². The molecule has 0 N–H and O–H groups in total. The van der Waals surface area contributed by atoms with Crippen LogP contribution in [0, 0.1) is 0 Å². The van der Waals surface area contributed by atoms with Crippen LogP contribution in [0.4, 0.5) is 11.4 Å². The zero-order valence-corrected chi connectivity index (χ0v) is 16.0. The summed E-state index contributed by atoms with van der Waals surface area (Å²) >= 11 is 1.89. The standard InChI is InChI=1S/C21H27N3S/c1-17(2)23-14-11-22(12-15-23)13-16-24-18-7-3-5-9-20(18)25-21-10-6-4-8-19(21)24/h3-10,17H,11-16H2,1-2H3. The Labute approximate surface area is 155 Å². The maximum Gasteiger partial charge on any atom is 0.0553 e. The first-order valence-electron chi connectivity index (χ1n) is 9.32. The van der Waals surface area contributed by atoms with Crippen molar-refractivity contribution < 1.29 is 0 Å². The molecule has 0 aliphatic carbocycles. The van der Waals surface area contributed by atoms with E-state index in [4.69, 9.17) is 0 Å². The van der Waals surface area contributed by atoms with Gasteiger partial charge in [-0.1, -0.05) is 36.0 Å². The van der Waals surface area contributed by atoms with Crippen LogP contribution in [-0.4, -0.2) is 55.1 Å². The SMILES string of the molecule is CC(C)N1CCN(CCN2c3ccccc3Sc3ccccc32)CC1. The molecular formula is C21H27N3S. The van der Waals surface area contributed by atoms with E-state index in [0.717, 1.165) is 13.1 Å². The summed E-state index contributed by atoms with van der Waals surface area (Å²) in [6.45, 7) is 11.5. The molecule has 4 heteroatoms. The van der Waals surface area contributed by atoms with Crippen molar-refractivity contribution in [3.8, 4) is 0 Å². The molecule has 3 nitrogen and oxygen atoms in total. The van der Waals surface area contributed by atoms with Crippen LogP contribution < -0.4 is 4.90 Å². The van der Waals surface area contributed by atoms with Crippen LogP contribution in [0.15, 0.2) is 58.3 Å². The first kappa shape index (κ1) is 17.0. The van der Waals surface area contributed by atoms with Gasteiger partial charge in [0.15, 0.2) is 0 Å². The number of rotatable bonds is 4. The van der Waals surface area contributed by atoms with Gasteiger partial charge < -0.3 is 4.90 Å². The highest BCUT2D eigenvalue weighted by Crippen LogP contribution is 2.47. The summed E-state index contributed by atoms with van der Waals surface area (Å²) in [6, 6.07) is 18.3. The molecule has 2 aromatic rings. The van der Waals surface area contributed by atoms with Gasteiger partial charge in [-0.05, 0) is 38.1 Å². The van der Waals surface area contributed by atoms with Gasteiger partial charge in [0.05, 0.1) is 11.4 Å². The van der Waals surface area contributed by atoms with Gasteiger partial charge in [0.1, 0.15) is 0 Å². The summed E-state index contributed by atoms with van der Waals surface area (Å²) in [5.41, 5.74) is 2.71. The van der Waals surface area contributed by atoms with Crippen molar-refractivity contribution in [2.75, 3.05) is 44.2 Å². The highest BCUT2D eigenvalue weighted by Gasteiger charge is 2.24. The molecule has 1 fully saturated rings. The van der Waals surface area contributed by atoms with E-state index in [-0.39, 0.29) is 0 Å². The molecule has 0 atom stereocenters. The summed E-state index contributed by atoms with van der Waals surface area (Å²) in [5, 5.41) is 0. The van der Waals surface area contributed by atoms with Gasteiger partial charge in [0.25, 0.3) is 0 Å². The van der Waals surface area contributed by atoms with Gasteiger partial charge in [-0.2, -0.15) is 0 Å². The van der Waals surface area contributed by atoms with Crippen LogP contribution in [-0.2, 0) is 0 Å². The third-order valence-electron chi connectivity index (χ3n) is 5.31. The number of benzene rings is 2. The zero-order chi connectivity index (χ0) is 17.2. The van der Waals surface area contributed by atoms with Crippen molar-refractivity contribution in [1.82, 2.24) is 9.80 Å². The maximum atomic E-state index is 2.62. The predicted octanol–water partition coefficient (Wildman–Crippen LogP) is 4.32. The fraction of sp³-hybridized carbons (Fsp3) is 0.429. The highest BCUT2D eigenvalue weighted by molar-refractivity contribution is 7.99. The Hall–Kier alpha value is -1.49. The molecule has 0 unspecified atom stereocenters. The molecule has 0 bridgehead atoms. The molecule has 0 saturated carbocycles. The quantitative estimate of drug-likeness (QED) is 0.810. The minimum absolute atomic E-state index is 0.667. The summed E-state index contributed by atoms with van der Waals surface area (Å²) in [5.74, 6) is 0. The lowest BCUT2D eigenvalue weighted by atomic mass is 10.2. The highest BCUT2D eigenvalue weighted by atomic mass is 32.2. The largest absolute Gasteiger partial charge is 0.338 e. The topological polar surface area (TPSA) is 9.72 Å². The van der Waals surface area contributed by atoms with Gasteiger partial charge in [-0.3, -0.25) is 9.80 Å². The minimum Gasteiger partial charge on any atom is -0.338 e. The first-order valence-corrected chi connectivity index (χ1v) is 10.1. The van der Waals surface area contributed by atoms with Crippen LogP contribution in [0.5, 0.6) is 0 Å². The number of fused-ring (bicyclic) bond motifs is 2. The van der Waals surface area contributed by atoms with Gasteiger partial charge in [0.2, 0.25) is 0 Å². The summed E-state index contributed by atoms with van der Waals surface area (Å²) in [7, 11) is 0. The van der Waals surface area contributed by atoms with Gasteiger partial charge in [-0.15, -0.1) is 0 Å². The zero-order valence-electron chi connectivity index (χ0n) is 15.2. The van der Waals surface area contributed by atoms with Crippen LogP contribution in [0.3, 0.4) is 0 Å². The summed E-state index contributed by atoms with van der Waals surface area (Å²) in [4.78, 5) is 10.4. The molecule has 1 saturated heterocycles. The van der Waals surface area contributed by atoms with Gasteiger partial charge >= 0.3 is 0 Å². The number of para-hydroxylation sites is 2. The molecule has 2 aliphatic heterocycles. The maximum absolute atomic E-state index is 2.62. The second-order valence-electron chi connectivity index (χ2n) is 7.16. The third kappa shape index (κ3) is 3.57. The molecule has 25 heavy (non-hydrogen) atoms. The van der Waals surface area contributed by atoms with E-state index in [2.05, 4.69) is 77.1 Å². The fourth-order valence-electron chi connectivity index (χ4n) is 3.77. The smallest absolute Gasteiger partial charge is 0.0553 e. The number of hydrogen-bond acceptors (Lipinski definition) is 4. The van der Waals surface area contributed by atoms with E-state index in [1.54, 1.807) is 0 Å². The average molecular weight is 354 g/mol. The van der Waals surface area contributed by atoms with Gasteiger partial charge in [-0.25, -0.2) is 0 Å². The van der Waals surface area contributed by atoms with E-state index >= 15 is 0 Å². The molecule has 0 amide bonds. The van der Waals surface area contributed by atoms with Crippen molar-refractivity contribution in [2.24, 2.45) is 0 Å². The van der Waals surface area contributed by atoms with E-state index in [1.165, 1.54) is 47.3 Å². The lowest BCUT2D eigenvalue weighted by Gasteiger charge is -2.39. The van der Waals surface area contributed by atoms with E-state index in [1.807, 2.05) is 11.8 Å². The summed E-state index contributed by atoms with van der Waals surface area (Å²) < 4.78 is 0. The molecule has 2 heterocycles. The average Bonchev–Trinajstić information content (AvgIpc) is 2.65. The number of nitrogens with zero attached hydrogens (tertiary/aromatic N) is 3. The van der Waals surface area contributed by atoms with E-state index < -0.39 is 0 Å². The van der Waals surface area contributed by atoms with Crippen LogP contribution in [0.25, 0.3) is 0 Å². The van der Waals surface area contributed by atoms with Crippen molar-refractivity contribution in [2.45, 2.75) is 29.7 Å². The molecule has 0 radical (unpaired) electrons. The Morgan fingerprint density at radius 2 is 1.36 bits per heavy atom. The molecular weight excluding hydrogens is 326 g/mol. The molecule has 2 aliphatic rings. The normalized spacial score (nSPS) is 18.3. The molecule has 0 spiro atoms. The van der Waals surface area contributed by atoms with Crippen LogP contribution in [0.1, 0.15) is 13.8 Å². The Kier molecular flexibility index (Phi) is 5.02. The predicted molar refractivity (Wildman–Crippen MR) is 107 cm³/mol. The van der Waals surface area contributed by atoms with Crippen molar-refractivity contribution >= 4 is 23.1 Å². The lowest BCUT2D eigenvalue weighted by molar-refractivity contribution is 0.111. The number of hydrogen-bond donors (Lipinski definition) is 0. The second kappa shape index (κ2) is 7.40.